The van der Waals surface area contributed by atoms with Gasteiger partial charge in [0.05, 0.1) is 55.3 Å². The number of carbonyl (C=O) groups is 2. The third-order valence-corrected chi connectivity index (χ3v) is 13.0. The Kier molecular flexibility index (Phi) is 23.5. The lowest BCUT2D eigenvalue weighted by molar-refractivity contribution is -0.307. The number of carboxylic acid groups (broad SMARTS) is 1. The topological polar surface area (TPSA) is 259 Å². The first-order valence-electron chi connectivity index (χ1n) is 22.9. The second-order valence-corrected chi connectivity index (χ2v) is 18.1. The van der Waals surface area contributed by atoms with Gasteiger partial charge in [0, 0.05) is 31.7 Å². The minimum Gasteiger partial charge on any atom is -0.481 e. The summed E-state index contributed by atoms with van der Waals surface area (Å²) in [6, 6.07) is -0.682. The molecule has 0 amide bonds. The molecule has 64 heavy (non-hydrogen) atoms. The first-order valence-corrected chi connectivity index (χ1v) is 22.9. The average Bonchev–Trinajstić information content (AvgIpc) is 3.21. The van der Waals surface area contributed by atoms with Crippen LogP contribution < -0.4 is 5.73 Å². The third-order valence-electron chi connectivity index (χ3n) is 13.0. The van der Waals surface area contributed by atoms with Gasteiger partial charge in [0.2, 0.25) is 0 Å². The van der Waals surface area contributed by atoms with Crippen LogP contribution in [0.1, 0.15) is 99.3 Å². The summed E-state index contributed by atoms with van der Waals surface area (Å²) in [5.41, 5.74) is 6.28. The Morgan fingerprint density at radius 2 is 1.25 bits per heavy atom. The van der Waals surface area contributed by atoms with E-state index in [1.54, 1.807) is 37.3 Å². The number of carbonyl (C=O) groups excluding carboxylic acids is 1. The lowest BCUT2D eigenvalue weighted by Crippen LogP contribution is -2.58. The van der Waals surface area contributed by atoms with Gasteiger partial charge in [-0.2, -0.15) is 0 Å². The van der Waals surface area contributed by atoms with Gasteiger partial charge in [0.1, 0.15) is 18.1 Å². The molecule has 0 radical (unpaired) electrons. The minimum absolute atomic E-state index is 0.0538. The lowest BCUT2D eigenvalue weighted by atomic mass is 9.82. The van der Waals surface area contributed by atoms with E-state index in [0.717, 1.165) is 0 Å². The molecule has 0 aliphatic carbocycles. The molecule has 0 aromatic heterocycles. The second kappa shape index (κ2) is 27.4. The van der Waals surface area contributed by atoms with Crippen LogP contribution in [0.2, 0.25) is 0 Å². The van der Waals surface area contributed by atoms with Crippen molar-refractivity contribution in [1.29, 1.82) is 0 Å². The summed E-state index contributed by atoms with van der Waals surface area (Å²) in [5.74, 6) is -5.36. The summed E-state index contributed by atoms with van der Waals surface area (Å²) in [5, 5.41) is 86.8. The van der Waals surface area contributed by atoms with Crippen molar-refractivity contribution in [1.82, 2.24) is 0 Å². The maximum Gasteiger partial charge on any atom is 0.311 e. The number of ether oxygens (including phenoxy) is 4. The first-order chi connectivity index (χ1) is 30.2. The second-order valence-electron chi connectivity index (χ2n) is 18.1. The van der Waals surface area contributed by atoms with E-state index in [2.05, 4.69) is 19.9 Å². The maximum atomic E-state index is 12.7. The molecule has 0 saturated carbocycles. The average molecular weight is 904 g/mol. The highest BCUT2D eigenvalue weighted by atomic mass is 16.7. The van der Waals surface area contributed by atoms with Crippen LogP contribution in [0.5, 0.6) is 0 Å². The molecular weight excluding hydrogens is 827 g/mol. The van der Waals surface area contributed by atoms with Crippen molar-refractivity contribution in [3.63, 3.8) is 0 Å². The monoisotopic (exact) mass is 904 g/mol. The van der Waals surface area contributed by atoms with Crippen molar-refractivity contribution in [3.05, 3.63) is 85.1 Å². The van der Waals surface area contributed by atoms with E-state index in [1.807, 2.05) is 69.4 Å². The summed E-state index contributed by atoms with van der Waals surface area (Å²) in [6.45, 7) is 11.8. The molecule has 3 aliphatic heterocycles. The summed E-state index contributed by atoms with van der Waals surface area (Å²) < 4.78 is 23.8. The van der Waals surface area contributed by atoms with Crippen LogP contribution in [-0.2, 0) is 28.5 Å². The number of cyclic esters (lactones) is 1. The van der Waals surface area contributed by atoms with Crippen LogP contribution >= 0.6 is 0 Å². The molecule has 15 heteroatoms. The Labute approximate surface area is 379 Å². The van der Waals surface area contributed by atoms with Crippen molar-refractivity contribution in [2.75, 3.05) is 0 Å². The molecule has 15 nitrogen and oxygen atoms in total. The standard InChI is InChI=1S/C49H77NO14/c1-30-21-17-15-13-11-9-7-8-10-12-14-16-18-23-38(63-48-46(57)45(50)33(4)35(6)62-48)27-42-44(47(58)59)41(55)29-49(60,64-42)28-37(52)25-40(54)39(53)24-20-19-22-36(51)26-43(56)61-34(5)32(3)31(30)2/h7-18,21,23,30-42,44-46,48,51-55,57,60H,19-20,22,24-29,50H2,1-6H3,(H,58,59)/b8-7+,11-9+,12-10+,15-13+,16-14+,21-17+,23-18+/t30-,31+,32+,33?,34-,35?,36+,37-,38-,39+,40+,41-,42-,44+,45?,46?,48?,49+/m0/s1. The molecule has 3 heterocycles. The number of esters is 1. The van der Waals surface area contributed by atoms with E-state index in [-0.39, 0.29) is 68.0 Å². The minimum atomic E-state index is -2.23. The Balaban J connectivity index is 1.84. The molecular formula is C49H77NO14. The quantitative estimate of drug-likeness (QED) is 0.179. The number of hydrogen-bond donors (Lipinski definition) is 9. The number of aliphatic carboxylic acids is 1. The van der Waals surface area contributed by atoms with E-state index in [4.69, 9.17) is 24.7 Å². The predicted octanol–water partition coefficient (Wildman–Crippen LogP) is 4.29. The van der Waals surface area contributed by atoms with Crippen LogP contribution in [-0.4, -0.2) is 132 Å². The van der Waals surface area contributed by atoms with Crippen molar-refractivity contribution in [2.45, 2.75) is 178 Å². The molecule has 2 fully saturated rings. The van der Waals surface area contributed by atoms with Crippen LogP contribution in [0.25, 0.3) is 0 Å². The number of rotatable bonds is 3. The molecule has 3 aliphatic rings. The van der Waals surface area contributed by atoms with E-state index in [9.17, 15) is 50.4 Å². The molecule has 10 N–H and O–H groups in total. The highest BCUT2D eigenvalue weighted by molar-refractivity contribution is 5.71. The number of carboxylic acids is 1. The van der Waals surface area contributed by atoms with Crippen molar-refractivity contribution >= 4 is 11.9 Å². The number of allylic oxidation sites excluding steroid dienone is 13. The smallest absolute Gasteiger partial charge is 0.311 e. The summed E-state index contributed by atoms with van der Waals surface area (Å²) in [7, 11) is 0. The molecule has 0 aromatic rings. The summed E-state index contributed by atoms with van der Waals surface area (Å²) in [6.07, 6.45) is 13.0. The van der Waals surface area contributed by atoms with Crippen molar-refractivity contribution in [3.8, 4) is 0 Å². The highest BCUT2D eigenvalue weighted by Crippen LogP contribution is 2.38. The van der Waals surface area contributed by atoms with Crippen LogP contribution in [0, 0.1) is 29.6 Å². The molecule has 3 rings (SSSR count). The van der Waals surface area contributed by atoms with E-state index in [0.29, 0.717) is 12.8 Å². The van der Waals surface area contributed by atoms with Crippen LogP contribution in [0.3, 0.4) is 0 Å². The van der Waals surface area contributed by atoms with Crippen molar-refractivity contribution < 1.29 is 69.4 Å². The Morgan fingerprint density at radius 3 is 1.84 bits per heavy atom. The zero-order valence-electron chi connectivity index (χ0n) is 38.4. The third kappa shape index (κ3) is 18.2. The Hall–Kier alpha value is -3.32. The number of fused-ring (bicyclic) bond motifs is 2. The fourth-order valence-electron chi connectivity index (χ4n) is 8.29. The number of nitrogens with two attached hydrogens (primary N) is 1. The Morgan fingerprint density at radius 1 is 0.688 bits per heavy atom. The fraction of sp³-hybridized carbons (Fsp3) is 0.673. The molecule has 362 valence electrons. The number of aliphatic hydroxyl groups is 7. The predicted molar refractivity (Wildman–Crippen MR) is 242 cm³/mol. The highest BCUT2D eigenvalue weighted by Gasteiger charge is 2.51. The molecule has 2 saturated heterocycles. The number of hydrogen-bond acceptors (Lipinski definition) is 14. The lowest BCUT2D eigenvalue weighted by Gasteiger charge is -2.45. The fourth-order valence-corrected chi connectivity index (χ4v) is 8.29. The Bertz CT molecular complexity index is 1630. The van der Waals surface area contributed by atoms with Gasteiger partial charge in [-0.25, -0.2) is 0 Å². The van der Waals surface area contributed by atoms with Gasteiger partial charge in [-0.3, -0.25) is 9.59 Å². The van der Waals surface area contributed by atoms with Gasteiger partial charge in [-0.1, -0.05) is 126 Å². The SMILES string of the molecule is CC1OC(O[C@H]2/C=C/C=C/C=C/C=C/C=C/C=C/C=C/[C@H](C)[C@@H](C)[C@@H](C)[C@H](C)OC(=O)C[C@H](O)CCCC[C@@H](O)[C@H](O)C[C@H](O)C[C@]3(O)C[C@H](O)[C@@H](C(=O)O)[C@H](C2)O3)C(O)C(N)C1C. The van der Waals surface area contributed by atoms with Gasteiger partial charge in [0.15, 0.2) is 12.1 Å². The molecule has 5 unspecified atom stereocenters. The van der Waals surface area contributed by atoms with E-state index in [1.165, 1.54) is 0 Å². The summed E-state index contributed by atoms with van der Waals surface area (Å²) in [4.78, 5) is 25.2. The molecule has 18 atom stereocenters. The van der Waals surface area contributed by atoms with E-state index >= 15 is 0 Å². The van der Waals surface area contributed by atoms with E-state index < -0.39 is 97.6 Å². The van der Waals surface area contributed by atoms with Crippen molar-refractivity contribution in [2.24, 2.45) is 35.3 Å². The van der Waals surface area contributed by atoms with Gasteiger partial charge in [-0.15, -0.1) is 0 Å². The van der Waals surface area contributed by atoms with Gasteiger partial charge < -0.3 is 65.5 Å². The maximum absolute atomic E-state index is 12.7. The van der Waals surface area contributed by atoms with Crippen LogP contribution in [0.4, 0.5) is 0 Å². The first kappa shape index (κ1) is 55.0. The number of aliphatic hydroxyl groups excluding tert-OH is 6. The normalized spacial score (nSPS) is 44.8. The van der Waals surface area contributed by atoms with Gasteiger partial charge in [-0.05, 0) is 50.4 Å². The summed E-state index contributed by atoms with van der Waals surface area (Å²) >= 11 is 0. The van der Waals surface area contributed by atoms with Crippen LogP contribution in [0.15, 0.2) is 85.1 Å². The van der Waals surface area contributed by atoms with Gasteiger partial charge in [0.25, 0.3) is 0 Å². The van der Waals surface area contributed by atoms with Gasteiger partial charge >= 0.3 is 11.9 Å². The zero-order valence-corrected chi connectivity index (χ0v) is 38.4. The zero-order chi connectivity index (χ0) is 47.6. The molecule has 0 spiro atoms. The molecule has 2 bridgehead atoms. The largest absolute Gasteiger partial charge is 0.481 e. The molecule has 0 aromatic carbocycles.